The Kier molecular flexibility index (Phi) is 5.95. The van der Waals surface area contributed by atoms with Gasteiger partial charge < -0.3 is 0 Å². The van der Waals surface area contributed by atoms with E-state index in [0.717, 1.165) is 17.1 Å². The molecular formula is C12H19Br2NS. The maximum Gasteiger partial charge on any atom is 0.0937 e. The molecule has 1 nitrogen and oxygen atoms in total. The third-order valence-corrected chi connectivity index (χ3v) is 6.40. The van der Waals surface area contributed by atoms with Gasteiger partial charge in [-0.05, 0) is 25.7 Å². The van der Waals surface area contributed by atoms with Crippen molar-refractivity contribution < 1.29 is 0 Å². The smallest absolute Gasteiger partial charge is 0.0937 e. The number of hydrogen-bond acceptors (Lipinski definition) is 2. The van der Waals surface area contributed by atoms with Gasteiger partial charge in [-0.15, -0.1) is 11.3 Å². The van der Waals surface area contributed by atoms with Gasteiger partial charge in [0, 0.05) is 22.0 Å². The van der Waals surface area contributed by atoms with Gasteiger partial charge in [0.15, 0.2) is 0 Å². The summed E-state index contributed by atoms with van der Waals surface area (Å²) in [6.07, 6.45) is 3.54. The molecule has 0 bridgehead atoms. The van der Waals surface area contributed by atoms with Gasteiger partial charge in [0.1, 0.15) is 0 Å². The molecule has 0 saturated carbocycles. The minimum atomic E-state index is 0.325. The summed E-state index contributed by atoms with van der Waals surface area (Å²) in [4.78, 5) is 6.00. The van der Waals surface area contributed by atoms with Crippen LogP contribution in [-0.4, -0.2) is 15.6 Å². The Morgan fingerprint density at radius 2 is 1.88 bits per heavy atom. The van der Waals surface area contributed by atoms with Crippen molar-refractivity contribution in [2.75, 3.05) is 10.7 Å². The van der Waals surface area contributed by atoms with E-state index in [2.05, 4.69) is 57.6 Å². The third-order valence-electron chi connectivity index (χ3n) is 2.95. The summed E-state index contributed by atoms with van der Waals surface area (Å²) < 4.78 is 0. The SMILES string of the molecule is CCCC(CBr)(CBr)Cc1nc(C)c(C)s1. The molecule has 0 aliphatic rings. The van der Waals surface area contributed by atoms with E-state index in [0.29, 0.717) is 5.41 Å². The molecule has 92 valence electrons. The lowest BCUT2D eigenvalue weighted by Crippen LogP contribution is -2.27. The zero-order valence-electron chi connectivity index (χ0n) is 10.1. The van der Waals surface area contributed by atoms with Crippen LogP contribution in [0.4, 0.5) is 0 Å². The van der Waals surface area contributed by atoms with E-state index in [9.17, 15) is 0 Å². The number of nitrogens with zero attached hydrogens (tertiary/aromatic N) is 1. The number of hydrogen-bond donors (Lipinski definition) is 0. The molecule has 4 heteroatoms. The topological polar surface area (TPSA) is 12.9 Å². The van der Waals surface area contributed by atoms with Crippen molar-refractivity contribution in [1.82, 2.24) is 4.98 Å². The van der Waals surface area contributed by atoms with E-state index < -0.39 is 0 Å². The Balaban J connectivity index is 2.82. The molecule has 0 aliphatic heterocycles. The second-order valence-electron chi connectivity index (χ2n) is 4.44. The molecular weight excluding hydrogens is 350 g/mol. The predicted molar refractivity (Wildman–Crippen MR) is 80.2 cm³/mol. The highest BCUT2D eigenvalue weighted by Gasteiger charge is 2.28. The molecule has 1 rings (SSSR count). The summed E-state index contributed by atoms with van der Waals surface area (Å²) in [6, 6.07) is 0. The molecule has 1 heterocycles. The summed E-state index contributed by atoms with van der Waals surface area (Å²) in [6.45, 7) is 6.50. The second kappa shape index (κ2) is 6.50. The predicted octanol–water partition coefficient (Wildman–Crippen LogP) is 4.88. The Morgan fingerprint density at radius 3 is 2.25 bits per heavy atom. The lowest BCUT2D eigenvalue weighted by Gasteiger charge is -2.28. The van der Waals surface area contributed by atoms with Crippen molar-refractivity contribution in [2.24, 2.45) is 5.41 Å². The molecule has 1 aromatic rings. The fraction of sp³-hybridized carbons (Fsp3) is 0.750. The van der Waals surface area contributed by atoms with E-state index in [-0.39, 0.29) is 0 Å². The van der Waals surface area contributed by atoms with Crippen molar-refractivity contribution >= 4 is 43.2 Å². The van der Waals surface area contributed by atoms with Crippen molar-refractivity contribution in [1.29, 1.82) is 0 Å². The zero-order chi connectivity index (χ0) is 12.2. The Morgan fingerprint density at radius 1 is 1.25 bits per heavy atom. The lowest BCUT2D eigenvalue weighted by molar-refractivity contribution is 0.351. The van der Waals surface area contributed by atoms with Crippen molar-refractivity contribution in [3.63, 3.8) is 0 Å². The largest absolute Gasteiger partial charge is 0.246 e. The van der Waals surface area contributed by atoms with Gasteiger partial charge in [-0.25, -0.2) is 4.98 Å². The molecule has 0 aliphatic carbocycles. The maximum absolute atomic E-state index is 4.65. The number of aromatic nitrogens is 1. The number of rotatable bonds is 6. The average Bonchev–Trinajstić information content (AvgIpc) is 2.57. The molecule has 0 atom stereocenters. The van der Waals surface area contributed by atoms with Crippen LogP contribution in [0.5, 0.6) is 0 Å². The highest BCUT2D eigenvalue weighted by molar-refractivity contribution is 9.09. The zero-order valence-corrected chi connectivity index (χ0v) is 14.1. The standard InChI is InChI=1S/C12H19Br2NS/c1-4-5-12(7-13,8-14)6-11-15-9(2)10(3)16-11/h4-8H2,1-3H3. The third kappa shape index (κ3) is 3.54. The molecule has 0 aromatic carbocycles. The molecule has 1 aromatic heterocycles. The van der Waals surface area contributed by atoms with E-state index in [4.69, 9.17) is 0 Å². The van der Waals surface area contributed by atoms with Crippen LogP contribution in [0.1, 0.15) is 35.3 Å². The first-order chi connectivity index (χ1) is 7.56. The second-order valence-corrected chi connectivity index (χ2v) is 6.85. The Labute approximate surface area is 119 Å². The van der Waals surface area contributed by atoms with Crippen LogP contribution in [0.25, 0.3) is 0 Å². The van der Waals surface area contributed by atoms with Crippen molar-refractivity contribution in [3.05, 3.63) is 15.6 Å². The summed E-state index contributed by atoms with van der Waals surface area (Å²) in [5, 5.41) is 3.36. The first-order valence-corrected chi connectivity index (χ1v) is 8.67. The summed E-state index contributed by atoms with van der Waals surface area (Å²) in [7, 11) is 0. The summed E-state index contributed by atoms with van der Waals surface area (Å²) in [5.41, 5.74) is 1.51. The first-order valence-electron chi connectivity index (χ1n) is 5.61. The van der Waals surface area contributed by atoms with Crippen LogP contribution in [0.15, 0.2) is 0 Å². The molecule has 0 saturated heterocycles. The highest BCUT2D eigenvalue weighted by Crippen LogP contribution is 2.34. The van der Waals surface area contributed by atoms with E-state index in [1.165, 1.54) is 28.4 Å². The molecule has 0 amide bonds. The lowest BCUT2D eigenvalue weighted by atomic mass is 9.85. The number of halogens is 2. The Hall–Kier alpha value is 0.590. The molecule has 0 spiro atoms. The van der Waals surface area contributed by atoms with Crippen molar-refractivity contribution in [3.8, 4) is 0 Å². The molecule has 0 N–H and O–H groups in total. The van der Waals surface area contributed by atoms with Gasteiger partial charge in [0.25, 0.3) is 0 Å². The van der Waals surface area contributed by atoms with Crippen LogP contribution in [0, 0.1) is 19.3 Å². The number of aryl methyl sites for hydroxylation is 2. The van der Waals surface area contributed by atoms with Gasteiger partial charge in [-0.2, -0.15) is 0 Å². The van der Waals surface area contributed by atoms with Gasteiger partial charge >= 0.3 is 0 Å². The van der Waals surface area contributed by atoms with E-state index in [1.54, 1.807) is 0 Å². The fourth-order valence-electron chi connectivity index (χ4n) is 1.82. The Bertz CT molecular complexity index is 312. The van der Waals surface area contributed by atoms with Crippen LogP contribution < -0.4 is 0 Å². The van der Waals surface area contributed by atoms with E-state index >= 15 is 0 Å². The monoisotopic (exact) mass is 367 g/mol. The average molecular weight is 369 g/mol. The highest BCUT2D eigenvalue weighted by atomic mass is 79.9. The first kappa shape index (κ1) is 14.7. The van der Waals surface area contributed by atoms with Crippen LogP contribution in [-0.2, 0) is 6.42 Å². The van der Waals surface area contributed by atoms with Crippen LogP contribution in [0.3, 0.4) is 0 Å². The maximum atomic E-state index is 4.65. The van der Waals surface area contributed by atoms with Crippen LogP contribution in [0.2, 0.25) is 0 Å². The normalized spacial score (nSPS) is 12.1. The van der Waals surface area contributed by atoms with Gasteiger partial charge in [-0.3, -0.25) is 0 Å². The van der Waals surface area contributed by atoms with Gasteiger partial charge in [-0.1, -0.05) is 45.2 Å². The van der Waals surface area contributed by atoms with Crippen LogP contribution >= 0.6 is 43.2 Å². The molecule has 0 radical (unpaired) electrons. The minimum absolute atomic E-state index is 0.325. The van der Waals surface area contributed by atoms with E-state index in [1.807, 2.05) is 11.3 Å². The van der Waals surface area contributed by atoms with Crippen molar-refractivity contribution in [2.45, 2.75) is 40.0 Å². The molecule has 0 unspecified atom stereocenters. The summed E-state index contributed by atoms with van der Waals surface area (Å²) in [5.74, 6) is 0. The van der Waals surface area contributed by atoms with Gasteiger partial charge in [0.05, 0.1) is 10.7 Å². The number of thiazole rings is 1. The minimum Gasteiger partial charge on any atom is -0.246 e. The fourth-order valence-corrected chi connectivity index (χ4v) is 4.81. The quantitative estimate of drug-likeness (QED) is 0.652. The molecule has 16 heavy (non-hydrogen) atoms. The van der Waals surface area contributed by atoms with Gasteiger partial charge in [0.2, 0.25) is 0 Å². The summed E-state index contributed by atoms with van der Waals surface area (Å²) >= 11 is 9.17. The molecule has 0 fully saturated rings. The number of alkyl halides is 2.